The minimum absolute atomic E-state index is 0.000362. The summed E-state index contributed by atoms with van der Waals surface area (Å²) >= 11 is 1.17. The average Bonchev–Trinajstić information content (AvgIpc) is 2.53. The highest BCUT2D eigenvalue weighted by Crippen LogP contribution is 2.30. The summed E-state index contributed by atoms with van der Waals surface area (Å²) in [5.41, 5.74) is 1.19. The number of nitrogens with one attached hydrogen (secondary N) is 1. The molecule has 1 aliphatic rings. The monoisotopic (exact) mass is 349 g/mol. The molecule has 0 aliphatic carbocycles. The summed E-state index contributed by atoms with van der Waals surface area (Å²) in [5.74, 6) is 0.366. The van der Waals surface area contributed by atoms with Crippen molar-refractivity contribution in [2.24, 2.45) is 4.40 Å². The number of amidine groups is 1. The van der Waals surface area contributed by atoms with Crippen LogP contribution in [-0.4, -0.2) is 18.5 Å². The molecule has 0 amide bonds. The molecule has 2 aromatic carbocycles. The van der Waals surface area contributed by atoms with Crippen molar-refractivity contribution < 1.29 is 13.3 Å². The highest BCUT2D eigenvalue weighted by molar-refractivity contribution is 8.14. The third-order valence-electron chi connectivity index (χ3n) is 3.11. The van der Waals surface area contributed by atoms with Crippen LogP contribution in [0.3, 0.4) is 0 Å². The molecule has 0 saturated carbocycles. The van der Waals surface area contributed by atoms with Crippen molar-refractivity contribution in [3.63, 3.8) is 0 Å². The fraction of sp³-hybridized carbons (Fsp3) is 0.0714. The molecule has 0 bridgehead atoms. The molecule has 9 heteroatoms. The highest BCUT2D eigenvalue weighted by atomic mass is 32.2. The Kier molecular flexibility index (Phi) is 4.05. The first-order valence-electron chi connectivity index (χ1n) is 6.53. The van der Waals surface area contributed by atoms with Crippen molar-refractivity contribution in [1.29, 1.82) is 0 Å². The number of nitrogens with zero attached hydrogens (tertiary/aromatic N) is 2. The quantitative estimate of drug-likeness (QED) is 0.675. The van der Waals surface area contributed by atoms with E-state index in [4.69, 9.17) is 0 Å². The van der Waals surface area contributed by atoms with E-state index in [1.807, 2.05) is 0 Å². The van der Waals surface area contributed by atoms with E-state index in [0.29, 0.717) is 17.0 Å². The maximum atomic E-state index is 12.1. The molecule has 0 saturated heterocycles. The number of non-ortho nitro benzene ring substituents is 1. The van der Waals surface area contributed by atoms with Gasteiger partial charge in [-0.05, 0) is 17.7 Å². The Morgan fingerprint density at radius 2 is 1.96 bits per heavy atom. The van der Waals surface area contributed by atoms with Gasteiger partial charge in [0.2, 0.25) is 0 Å². The lowest BCUT2D eigenvalue weighted by Crippen LogP contribution is -2.18. The zero-order valence-electron chi connectivity index (χ0n) is 11.7. The number of hydrogen-bond donors (Lipinski definition) is 1. The molecule has 7 nitrogen and oxygen atoms in total. The Balaban J connectivity index is 1.79. The largest absolute Gasteiger partial charge is 0.333 e. The van der Waals surface area contributed by atoms with Gasteiger partial charge in [-0.15, -0.1) is 4.40 Å². The van der Waals surface area contributed by atoms with Gasteiger partial charge in [-0.1, -0.05) is 36.0 Å². The fourth-order valence-corrected chi connectivity index (χ4v) is 4.25. The summed E-state index contributed by atoms with van der Waals surface area (Å²) in [4.78, 5) is 10.4. The molecule has 0 aromatic heterocycles. The van der Waals surface area contributed by atoms with Crippen molar-refractivity contribution in [2.75, 3.05) is 5.32 Å². The topological polar surface area (TPSA) is 102 Å². The van der Waals surface area contributed by atoms with E-state index < -0.39 is 14.9 Å². The molecule has 1 aliphatic heterocycles. The summed E-state index contributed by atoms with van der Waals surface area (Å²) in [6, 6.07) is 12.7. The Hall–Kier alpha value is -2.39. The number of para-hydroxylation sites is 1. The van der Waals surface area contributed by atoms with Crippen LogP contribution in [0.25, 0.3) is 0 Å². The normalized spacial score (nSPS) is 15.2. The molecule has 0 atom stereocenters. The van der Waals surface area contributed by atoms with E-state index in [1.54, 1.807) is 30.3 Å². The van der Waals surface area contributed by atoms with Gasteiger partial charge < -0.3 is 5.32 Å². The predicted molar refractivity (Wildman–Crippen MR) is 89.1 cm³/mol. The number of benzene rings is 2. The molecule has 0 spiro atoms. The molecule has 0 unspecified atom stereocenters. The molecular weight excluding hydrogens is 338 g/mol. The molecule has 1 heterocycles. The molecule has 0 radical (unpaired) electrons. The van der Waals surface area contributed by atoms with Crippen molar-refractivity contribution in [3.05, 3.63) is 64.2 Å². The summed E-state index contributed by atoms with van der Waals surface area (Å²) in [7, 11) is -3.72. The number of fused-ring (bicyclic) bond motifs is 1. The molecule has 3 rings (SSSR count). The number of hydrogen-bond acceptors (Lipinski definition) is 6. The van der Waals surface area contributed by atoms with Gasteiger partial charge in [0.25, 0.3) is 15.7 Å². The zero-order valence-corrected chi connectivity index (χ0v) is 13.3. The summed E-state index contributed by atoms with van der Waals surface area (Å²) in [5, 5.41) is 14.0. The first kappa shape index (κ1) is 15.5. The van der Waals surface area contributed by atoms with Gasteiger partial charge in [-0.25, -0.2) is 0 Å². The number of sulfonamides is 1. The van der Waals surface area contributed by atoms with E-state index in [0.717, 1.165) is 0 Å². The van der Waals surface area contributed by atoms with E-state index in [9.17, 15) is 18.5 Å². The molecule has 1 N–H and O–H groups in total. The fourth-order valence-electron chi connectivity index (χ4n) is 2.07. The minimum atomic E-state index is -3.72. The van der Waals surface area contributed by atoms with E-state index in [-0.39, 0.29) is 15.8 Å². The maximum absolute atomic E-state index is 12.1. The third kappa shape index (κ3) is 3.35. The lowest BCUT2D eigenvalue weighted by molar-refractivity contribution is -0.384. The Bertz CT molecular complexity index is 910. The number of rotatable bonds is 3. The number of anilines is 1. The van der Waals surface area contributed by atoms with Gasteiger partial charge in [-0.3, -0.25) is 10.1 Å². The van der Waals surface area contributed by atoms with Crippen LogP contribution in [0.4, 0.5) is 11.4 Å². The lowest BCUT2D eigenvalue weighted by Gasteiger charge is -2.17. The average molecular weight is 349 g/mol. The van der Waals surface area contributed by atoms with Crippen LogP contribution >= 0.6 is 11.8 Å². The van der Waals surface area contributed by atoms with Crippen molar-refractivity contribution in [1.82, 2.24) is 0 Å². The van der Waals surface area contributed by atoms with Crippen molar-refractivity contribution in [2.45, 2.75) is 10.6 Å². The zero-order chi connectivity index (χ0) is 16.4. The van der Waals surface area contributed by atoms with E-state index >= 15 is 0 Å². The summed E-state index contributed by atoms with van der Waals surface area (Å²) in [6.07, 6.45) is 0. The number of thioether (sulfide) groups is 1. The molecular formula is C14H11N3O4S2. The number of nitro groups is 1. The van der Waals surface area contributed by atoms with Crippen LogP contribution in [0.15, 0.2) is 57.8 Å². The summed E-state index contributed by atoms with van der Waals surface area (Å²) < 4.78 is 28.0. The van der Waals surface area contributed by atoms with E-state index in [1.165, 1.54) is 30.0 Å². The van der Waals surface area contributed by atoms with Crippen LogP contribution in [-0.2, 0) is 15.8 Å². The van der Waals surface area contributed by atoms with Crippen molar-refractivity contribution in [3.8, 4) is 0 Å². The Labute approximate surface area is 136 Å². The third-order valence-corrected chi connectivity index (χ3v) is 5.50. The smallest absolute Gasteiger partial charge is 0.286 e. The van der Waals surface area contributed by atoms with Gasteiger partial charge in [-0.2, -0.15) is 8.42 Å². The second-order valence-corrected chi connectivity index (χ2v) is 7.24. The van der Waals surface area contributed by atoms with Crippen LogP contribution in [0.2, 0.25) is 0 Å². The lowest BCUT2D eigenvalue weighted by atomic mass is 10.2. The number of nitro benzene ring substituents is 1. The predicted octanol–water partition coefficient (Wildman–Crippen LogP) is 3.00. The van der Waals surface area contributed by atoms with Crippen LogP contribution in [0, 0.1) is 10.1 Å². The highest BCUT2D eigenvalue weighted by Gasteiger charge is 2.24. The van der Waals surface area contributed by atoms with Crippen molar-refractivity contribution >= 4 is 38.3 Å². The maximum Gasteiger partial charge on any atom is 0.286 e. The van der Waals surface area contributed by atoms with E-state index in [2.05, 4.69) is 9.71 Å². The molecule has 2 aromatic rings. The first-order chi connectivity index (χ1) is 11.0. The van der Waals surface area contributed by atoms with Crippen LogP contribution in [0.5, 0.6) is 0 Å². The second kappa shape index (κ2) is 6.01. The van der Waals surface area contributed by atoms with Gasteiger partial charge in [0, 0.05) is 17.9 Å². The van der Waals surface area contributed by atoms with Crippen LogP contribution in [0.1, 0.15) is 5.56 Å². The Morgan fingerprint density at radius 1 is 1.17 bits per heavy atom. The second-order valence-electron chi connectivity index (χ2n) is 4.71. The Morgan fingerprint density at radius 3 is 2.74 bits per heavy atom. The van der Waals surface area contributed by atoms with Gasteiger partial charge in [0.15, 0.2) is 5.17 Å². The van der Waals surface area contributed by atoms with Gasteiger partial charge in [0.1, 0.15) is 4.90 Å². The summed E-state index contributed by atoms with van der Waals surface area (Å²) in [6.45, 7) is 0. The molecule has 0 fully saturated rings. The van der Waals surface area contributed by atoms with Gasteiger partial charge >= 0.3 is 0 Å². The molecule has 118 valence electrons. The minimum Gasteiger partial charge on any atom is -0.333 e. The first-order valence-corrected chi connectivity index (χ1v) is 8.95. The molecule has 23 heavy (non-hydrogen) atoms. The standard InChI is InChI=1S/C14H11N3O4S2/c18-17(19)11-5-3-4-10(8-11)9-22-14-15-12-6-1-2-7-13(12)23(20,21)16-14/h1-8H,9H2,(H,15,16). The van der Waals surface area contributed by atoms with Gasteiger partial charge in [0.05, 0.1) is 10.6 Å². The SMILES string of the molecule is O=[N+]([O-])c1cccc(CSC2=NS(=O)(=O)c3ccccc3N2)c1. The van der Waals surface area contributed by atoms with Crippen LogP contribution < -0.4 is 5.32 Å².